The highest BCUT2D eigenvalue weighted by molar-refractivity contribution is 6.01. The fourth-order valence-electron chi connectivity index (χ4n) is 0.786. The van der Waals surface area contributed by atoms with E-state index >= 15 is 0 Å². The molecule has 1 atom stereocenters. The Kier molecular flexibility index (Phi) is 4.56. The lowest BCUT2D eigenvalue weighted by atomic mass is 10.1. The number of hydrogen-bond acceptors (Lipinski definition) is 4. The molecule has 0 saturated heterocycles. The lowest BCUT2D eigenvalue weighted by Crippen LogP contribution is -2.52. The molecule has 82 valence electrons. The summed E-state index contributed by atoms with van der Waals surface area (Å²) >= 11 is 0. The average molecular weight is 202 g/mol. The van der Waals surface area contributed by atoms with Crippen LogP contribution in [0.5, 0.6) is 0 Å². The molecule has 0 aromatic rings. The van der Waals surface area contributed by atoms with E-state index in [-0.39, 0.29) is 6.61 Å². The summed E-state index contributed by atoms with van der Waals surface area (Å²) in [6.45, 7) is 7.30. The number of nitrogens with one attached hydrogen (secondary N) is 1. The molecule has 0 rings (SSSR count). The van der Waals surface area contributed by atoms with Gasteiger partial charge < -0.3 is 15.8 Å². The van der Waals surface area contributed by atoms with Crippen molar-refractivity contribution in [1.82, 2.24) is 5.32 Å². The number of esters is 1. The molecule has 0 spiro atoms. The van der Waals surface area contributed by atoms with Crippen molar-refractivity contribution in [1.29, 1.82) is 0 Å². The molecule has 0 radical (unpaired) electrons. The second-order valence-corrected chi connectivity index (χ2v) is 3.97. The SMILES string of the molecule is CCOC(=O)C(N)C(=O)NC(C)(C)C. The molecule has 0 heterocycles. The second kappa shape index (κ2) is 4.95. The summed E-state index contributed by atoms with van der Waals surface area (Å²) in [7, 11) is 0. The van der Waals surface area contributed by atoms with Crippen LogP contribution in [0.3, 0.4) is 0 Å². The predicted molar refractivity (Wildman–Crippen MR) is 52.5 cm³/mol. The standard InChI is InChI=1S/C9H18N2O3/c1-5-14-8(13)6(10)7(12)11-9(2,3)4/h6H,5,10H2,1-4H3,(H,11,12). The van der Waals surface area contributed by atoms with E-state index in [1.54, 1.807) is 6.92 Å². The minimum absolute atomic E-state index is 0.218. The molecule has 1 amide bonds. The third-order valence-corrected chi connectivity index (χ3v) is 1.32. The van der Waals surface area contributed by atoms with Crippen LogP contribution in [-0.2, 0) is 14.3 Å². The monoisotopic (exact) mass is 202 g/mol. The summed E-state index contributed by atoms with van der Waals surface area (Å²) in [5, 5.41) is 2.59. The van der Waals surface area contributed by atoms with Gasteiger partial charge in [0.15, 0.2) is 6.04 Å². The van der Waals surface area contributed by atoms with E-state index in [9.17, 15) is 9.59 Å². The topological polar surface area (TPSA) is 81.4 Å². The van der Waals surface area contributed by atoms with Crippen molar-refractivity contribution in [3.8, 4) is 0 Å². The van der Waals surface area contributed by atoms with Gasteiger partial charge in [0.1, 0.15) is 0 Å². The van der Waals surface area contributed by atoms with Crippen LogP contribution in [0.1, 0.15) is 27.7 Å². The first kappa shape index (κ1) is 12.9. The van der Waals surface area contributed by atoms with Gasteiger partial charge in [0.25, 0.3) is 0 Å². The van der Waals surface area contributed by atoms with E-state index in [0.29, 0.717) is 0 Å². The summed E-state index contributed by atoms with van der Waals surface area (Å²) in [4.78, 5) is 22.4. The smallest absolute Gasteiger partial charge is 0.332 e. The van der Waals surface area contributed by atoms with Crippen LogP contribution in [0.25, 0.3) is 0 Å². The maximum absolute atomic E-state index is 11.3. The van der Waals surface area contributed by atoms with Crippen molar-refractivity contribution in [2.75, 3.05) is 6.61 Å². The van der Waals surface area contributed by atoms with Gasteiger partial charge in [0, 0.05) is 5.54 Å². The molecule has 0 aliphatic heterocycles. The molecule has 5 heteroatoms. The second-order valence-electron chi connectivity index (χ2n) is 3.97. The van der Waals surface area contributed by atoms with Crippen LogP contribution < -0.4 is 11.1 Å². The number of nitrogens with two attached hydrogens (primary N) is 1. The number of hydrogen-bond donors (Lipinski definition) is 2. The van der Waals surface area contributed by atoms with E-state index in [1.165, 1.54) is 0 Å². The maximum Gasteiger partial charge on any atom is 0.332 e. The molecule has 5 nitrogen and oxygen atoms in total. The number of ether oxygens (including phenoxy) is 1. The van der Waals surface area contributed by atoms with Gasteiger partial charge in [-0.25, -0.2) is 4.79 Å². The lowest BCUT2D eigenvalue weighted by Gasteiger charge is -2.22. The van der Waals surface area contributed by atoms with E-state index in [4.69, 9.17) is 5.73 Å². The summed E-state index contributed by atoms with van der Waals surface area (Å²) in [5.74, 6) is -1.22. The summed E-state index contributed by atoms with van der Waals surface area (Å²) in [5.41, 5.74) is 4.97. The van der Waals surface area contributed by atoms with Crippen LogP contribution in [0.4, 0.5) is 0 Å². The number of carbonyl (C=O) groups is 2. The molecule has 0 aliphatic carbocycles. The van der Waals surface area contributed by atoms with Crippen molar-refractivity contribution in [3.63, 3.8) is 0 Å². The van der Waals surface area contributed by atoms with Crippen LogP contribution in [-0.4, -0.2) is 30.1 Å². The first-order valence-corrected chi connectivity index (χ1v) is 4.52. The molecule has 1 unspecified atom stereocenters. The van der Waals surface area contributed by atoms with Crippen LogP contribution >= 0.6 is 0 Å². The van der Waals surface area contributed by atoms with Gasteiger partial charge in [0.2, 0.25) is 5.91 Å². The van der Waals surface area contributed by atoms with E-state index < -0.39 is 23.5 Å². The van der Waals surface area contributed by atoms with Crippen molar-refractivity contribution in [2.45, 2.75) is 39.3 Å². The third-order valence-electron chi connectivity index (χ3n) is 1.32. The minimum Gasteiger partial charge on any atom is -0.464 e. The number of carbonyl (C=O) groups excluding carboxylic acids is 2. The first-order valence-electron chi connectivity index (χ1n) is 4.52. The summed E-state index contributed by atoms with van der Waals surface area (Å²) < 4.78 is 4.61. The average Bonchev–Trinajstić information content (AvgIpc) is 2.00. The zero-order valence-electron chi connectivity index (χ0n) is 9.09. The molecule has 0 saturated carbocycles. The van der Waals surface area contributed by atoms with Crippen molar-refractivity contribution in [3.05, 3.63) is 0 Å². The van der Waals surface area contributed by atoms with Gasteiger partial charge in [-0.1, -0.05) is 0 Å². The highest BCUT2D eigenvalue weighted by atomic mass is 16.5. The van der Waals surface area contributed by atoms with Gasteiger partial charge in [-0.3, -0.25) is 4.79 Å². The van der Waals surface area contributed by atoms with E-state index in [1.807, 2.05) is 20.8 Å². The summed E-state index contributed by atoms with van der Waals surface area (Å²) in [6.07, 6.45) is 0. The molecule has 0 aliphatic rings. The Bertz CT molecular complexity index is 221. The van der Waals surface area contributed by atoms with Gasteiger partial charge in [-0.2, -0.15) is 0 Å². The number of amides is 1. The van der Waals surface area contributed by atoms with Gasteiger partial charge >= 0.3 is 5.97 Å². The molecular weight excluding hydrogens is 184 g/mol. The minimum atomic E-state index is -1.24. The zero-order chi connectivity index (χ0) is 11.4. The molecule has 14 heavy (non-hydrogen) atoms. The molecule has 0 aromatic carbocycles. The molecule has 0 bridgehead atoms. The Hall–Kier alpha value is -1.10. The van der Waals surface area contributed by atoms with E-state index in [2.05, 4.69) is 10.1 Å². The Morgan fingerprint density at radius 2 is 1.93 bits per heavy atom. The Morgan fingerprint density at radius 3 is 2.29 bits per heavy atom. The van der Waals surface area contributed by atoms with Gasteiger partial charge in [-0.05, 0) is 27.7 Å². The molecule has 3 N–H and O–H groups in total. The summed E-state index contributed by atoms with van der Waals surface area (Å²) in [6, 6.07) is -1.24. The Labute approximate surface area is 84.0 Å². The zero-order valence-corrected chi connectivity index (χ0v) is 9.09. The lowest BCUT2D eigenvalue weighted by molar-refractivity contribution is -0.148. The molecular formula is C9H18N2O3. The van der Waals surface area contributed by atoms with Crippen LogP contribution in [0, 0.1) is 0 Å². The largest absolute Gasteiger partial charge is 0.464 e. The van der Waals surface area contributed by atoms with Crippen LogP contribution in [0.2, 0.25) is 0 Å². The Morgan fingerprint density at radius 1 is 1.43 bits per heavy atom. The van der Waals surface area contributed by atoms with Gasteiger partial charge in [0.05, 0.1) is 6.61 Å². The Balaban J connectivity index is 4.19. The van der Waals surface area contributed by atoms with Crippen molar-refractivity contribution >= 4 is 11.9 Å². The molecule has 0 fully saturated rings. The fraction of sp³-hybridized carbons (Fsp3) is 0.778. The fourth-order valence-corrected chi connectivity index (χ4v) is 0.786. The van der Waals surface area contributed by atoms with E-state index in [0.717, 1.165) is 0 Å². The third kappa shape index (κ3) is 4.81. The first-order chi connectivity index (χ1) is 6.28. The highest BCUT2D eigenvalue weighted by Crippen LogP contribution is 1.99. The predicted octanol–water partition coefficient (Wildman–Crippen LogP) is -0.208. The van der Waals surface area contributed by atoms with Crippen LogP contribution in [0.15, 0.2) is 0 Å². The molecule has 0 aromatic heterocycles. The highest BCUT2D eigenvalue weighted by Gasteiger charge is 2.26. The maximum atomic E-state index is 11.3. The number of rotatable bonds is 3. The normalized spacial score (nSPS) is 13.2. The van der Waals surface area contributed by atoms with Gasteiger partial charge in [-0.15, -0.1) is 0 Å². The van der Waals surface area contributed by atoms with Crippen molar-refractivity contribution in [2.24, 2.45) is 5.73 Å². The quantitative estimate of drug-likeness (QED) is 0.490. The van der Waals surface area contributed by atoms with Crippen molar-refractivity contribution < 1.29 is 14.3 Å².